The summed E-state index contributed by atoms with van der Waals surface area (Å²) >= 11 is 4.12. The number of phenols is 1. The fraction of sp³-hybridized carbons (Fsp3) is 0.240. The lowest BCUT2D eigenvalue weighted by Gasteiger charge is -2.23. The minimum atomic E-state index is -0.902. The Hall–Kier alpha value is -3.97. The van der Waals surface area contributed by atoms with Crippen LogP contribution in [0.5, 0.6) is 17.2 Å². The number of hydrogen-bond donors (Lipinski definition) is 1. The Morgan fingerprint density at radius 1 is 1.24 bits per heavy atom. The highest BCUT2D eigenvalue weighted by Gasteiger charge is 2.31. The predicted octanol–water partition coefficient (Wildman–Crippen LogP) is 3.19. The van der Waals surface area contributed by atoms with Crippen molar-refractivity contribution in [2.75, 3.05) is 20.3 Å². The van der Waals surface area contributed by atoms with Gasteiger partial charge in [0.2, 0.25) is 0 Å². The van der Waals surface area contributed by atoms with E-state index in [1.807, 2.05) is 13.8 Å². The van der Waals surface area contributed by atoms with Crippen molar-refractivity contribution in [2.24, 2.45) is 4.99 Å². The molecule has 0 amide bonds. The van der Waals surface area contributed by atoms with Gasteiger partial charge in [0, 0.05) is 23.9 Å². The zero-order valence-electron chi connectivity index (χ0n) is 20.5. The van der Waals surface area contributed by atoms with Crippen molar-refractivity contribution < 1.29 is 29.0 Å². The first-order chi connectivity index (χ1) is 18.2. The molecule has 0 unspecified atom stereocenters. The van der Waals surface area contributed by atoms with Gasteiger partial charge in [-0.05, 0) is 53.5 Å². The number of aromatic nitrogens is 1. The summed E-state index contributed by atoms with van der Waals surface area (Å²) in [6, 6.07) is 6.55. The average molecular weight is 604 g/mol. The van der Waals surface area contributed by atoms with E-state index in [4.69, 9.17) is 14.2 Å². The molecule has 1 aromatic heterocycles. The zero-order chi connectivity index (χ0) is 27.6. The summed E-state index contributed by atoms with van der Waals surface area (Å²) in [6.45, 7) is 4.46. The Labute approximate surface area is 228 Å². The number of fused-ring (bicyclic) bond motifs is 1. The quantitative estimate of drug-likeness (QED) is 0.235. The summed E-state index contributed by atoms with van der Waals surface area (Å²) in [4.78, 5) is 41.7. The Morgan fingerprint density at radius 3 is 2.61 bits per heavy atom. The lowest BCUT2D eigenvalue weighted by atomic mass is 9.97. The van der Waals surface area contributed by atoms with Crippen molar-refractivity contribution in [3.8, 4) is 17.2 Å². The summed E-state index contributed by atoms with van der Waals surface area (Å²) in [6.07, 6.45) is 2.70. The second-order valence-corrected chi connectivity index (χ2v) is 9.73. The van der Waals surface area contributed by atoms with Gasteiger partial charge >= 0.3 is 5.97 Å². The molecule has 2 heterocycles. The molecule has 0 aliphatic carbocycles. The normalized spacial score (nSPS) is 14.8. The second-order valence-electron chi connectivity index (χ2n) is 7.87. The van der Waals surface area contributed by atoms with Crippen molar-refractivity contribution in [1.82, 2.24) is 4.57 Å². The van der Waals surface area contributed by atoms with Gasteiger partial charge in [0.05, 0.1) is 45.9 Å². The highest BCUT2D eigenvalue weighted by atomic mass is 79.9. The maximum atomic E-state index is 13.7. The van der Waals surface area contributed by atoms with Gasteiger partial charge in [0.25, 0.3) is 11.2 Å². The molecular formula is C25H22BrN3O8S. The summed E-state index contributed by atoms with van der Waals surface area (Å²) in [5.41, 5.74) is -0.0320. The van der Waals surface area contributed by atoms with Crippen LogP contribution in [0, 0.1) is 10.1 Å². The molecule has 38 heavy (non-hydrogen) atoms. The lowest BCUT2D eigenvalue weighted by molar-refractivity contribution is -0.385. The number of nitrogens with zero attached hydrogens (tertiary/aromatic N) is 3. The van der Waals surface area contributed by atoms with Gasteiger partial charge in [-0.15, -0.1) is 0 Å². The molecule has 1 N–H and O–H groups in total. The Morgan fingerprint density at radius 2 is 1.95 bits per heavy atom. The van der Waals surface area contributed by atoms with Crippen LogP contribution in [-0.4, -0.2) is 40.9 Å². The van der Waals surface area contributed by atoms with E-state index in [1.54, 1.807) is 18.2 Å². The van der Waals surface area contributed by atoms with Gasteiger partial charge in [-0.3, -0.25) is 19.5 Å². The molecule has 4 rings (SSSR count). The zero-order valence-corrected chi connectivity index (χ0v) is 22.9. The Kier molecular flexibility index (Phi) is 7.97. The van der Waals surface area contributed by atoms with E-state index >= 15 is 0 Å². The van der Waals surface area contributed by atoms with Crippen molar-refractivity contribution in [3.63, 3.8) is 0 Å². The number of carbonyl (C=O) groups excluding carboxylic acids is 1. The smallest absolute Gasteiger partial charge is 0.337 e. The van der Waals surface area contributed by atoms with Crippen LogP contribution < -0.4 is 24.4 Å². The fourth-order valence-corrected chi connectivity index (χ4v) is 5.37. The standard InChI is InChI=1S/C25H22BrN3O8S/c1-4-36-18-7-6-13(9-19(18)37-5-2)21-16(24(32)35-3)12-27-25-28(21)23(31)20(38-25)10-14-8-15(29(33)34)11-17(26)22(14)30/h6-12,21,30H,4-5H2,1-3H3/b20-10+/t21-/m0/s1. The number of hydrogen-bond acceptors (Lipinski definition) is 10. The molecule has 2 aromatic carbocycles. The van der Waals surface area contributed by atoms with Gasteiger partial charge in [0.15, 0.2) is 16.3 Å². The topological polar surface area (TPSA) is 142 Å². The first-order valence-electron chi connectivity index (χ1n) is 11.4. The molecule has 0 bridgehead atoms. The van der Waals surface area contributed by atoms with Crippen LogP contribution in [0.25, 0.3) is 6.08 Å². The third-order valence-electron chi connectivity index (χ3n) is 5.58. The minimum Gasteiger partial charge on any atom is -0.506 e. The van der Waals surface area contributed by atoms with Gasteiger partial charge in [0.1, 0.15) is 5.75 Å². The highest BCUT2D eigenvalue weighted by Crippen LogP contribution is 2.35. The number of rotatable bonds is 8. The molecule has 0 fully saturated rings. The van der Waals surface area contributed by atoms with E-state index in [1.165, 1.54) is 30.0 Å². The van der Waals surface area contributed by atoms with Crippen molar-refractivity contribution in [1.29, 1.82) is 0 Å². The number of phenolic OH excluding ortho intramolecular Hbond substituents is 1. The van der Waals surface area contributed by atoms with E-state index in [0.29, 0.717) is 30.3 Å². The largest absolute Gasteiger partial charge is 0.506 e. The molecular weight excluding hydrogens is 582 g/mol. The van der Waals surface area contributed by atoms with Crippen LogP contribution in [0.1, 0.15) is 31.0 Å². The van der Waals surface area contributed by atoms with Crippen molar-refractivity contribution >= 4 is 45.0 Å². The highest BCUT2D eigenvalue weighted by molar-refractivity contribution is 9.10. The SMILES string of the molecule is CCOc1ccc([C@H]2C(C(=O)OC)=CN=c3s/c(=C/c4cc([N+](=O)[O-])cc(Br)c4O)c(=O)n32)cc1OCC. The number of benzene rings is 2. The number of aromatic hydroxyl groups is 1. The van der Waals surface area contributed by atoms with E-state index in [0.717, 1.165) is 17.4 Å². The maximum absolute atomic E-state index is 13.7. The number of carbonyl (C=O) groups is 1. The van der Waals surface area contributed by atoms with Crippen LogP contribution >= 0.6 is 27.3 Å². The second kappa shape index (κ2) is 11.2. The van der Waals surface area contributed by atoms with Gasteiger partial charge in [-0.1, -0.05) is 17.4 Å². The van der Waals surface area contributed by atoms with Gasteiger partial charge < -0.3 is 19.3 Å². The number of nitro benzene ring substituents is 1. The molecule has 0 radical (unpaired) electrons. The molecule has 0 saturated carbocycles. The molecule has 11 nitrogen and oxygen atoms in total. The third kappa shape index (κ3) is 5.07. The number of ether oxygens (including phenoxy) is 3. The van der Waals surface area contributed by atoms with Crippen LogP contribution in [0.2, 0.25) is 0 Å². The summed E-state index contributed by atoms with van der Waals surface area (Å²) in [5.74, 6) is 0.0311. The molecule has 0 spiro atoms. The van der Waals surface area contributed by atoms with Crippen molar-refractivity contribution in [2.45, 2.75) is 19.9 Å². The predicted molar refractivity (Wildman–Crippen MR) is 142 cm³/mol. The third-order valence-corrected chi connectivity index (χ3v) is 7.18. The Bertz CT molecular complexity index is 1640. The molecule has 3 aromatic rings. The number of non-ortho nitro benzene ring substituents is 1. The number of esters is 1. The average Bonchev–Trinajstić information content (AvgIpc) is 3.21. The molecule has 1 aliphatic rings. The summed E-state index contributed by atoms with van der Waals surface area (Å²) < 4.78 is 17.9. The summed E-state index contributed by atoms with van der Waals surface area (Å²) in [5, 5.41) is 21.8. The van der Waals surface area contributed by atoms with E-state index < -0.39 is 22.5 Å². The Balaban J connectivity index is 1.94. The molecule has 1 atom stereocenters. The van der Waals surface area contributed by atoms with Gasteiger partial charge in [-0.2, -0.15) is 0 Å². The van der Waals surface area contributed by atoms with E-state index in [9.17, 15) is 24.8 Å². The van der Waals surface area contributed by atoms with E-state index in [-0.39, 0.29) is 36.4 Å². The lowest BCUT2D eigenvalue weighted by Crippen LogP contribution is -2.39. The fourth-order valence-electron chi connectivity index (χ4n) is 3.95. The summed E-state index contributed by atoms with van der Waals surface area (Å²) in [7, 11) is 1.23. The molecule has 0 saturated heterocycles. The van der Waals surface area contributed by atoms with E-state index in [2.05, 4.69) is 20.9 Å². The van der Waals surface area contributed by atoms with Crippen LogP contribution in [-0.2, 0) is 9.53 Å². The van der Waals surface area contributed by atoms with Crippen LogP contribution in [0.4, 0.5) is 5.69 Å². The van der Waals surface area contributed by atoms with Crippen molar-refractivity contribution in [3.05, 3.63) is 87.5 Å². The van der Waals surface area contributed by atoms with Crippen LogP contribution in [0.3, 0.4) is 0 Å². The first-order valence-corrected chi connectivity index (χ1v) is 13.0. The number of nitro groups is 1. The molecule has 1 aliphatic heterocycles. The molecule has 13 heteroatoms. The minimum absolute atomic E-state index is 0.0692. The number of thiazole rings is 1. The maximum Gasteiger partial charge on any atom is 0.337 e. The molecule has 198 valence electrons. The van der Waals surface area contributed by atoms with Crippen LogP contribution in [0.15, 0.2) is 56.4 Å². The van der Waals surface area contributed by atoms with Gasteiger partial charge in [-0.25, -0.2) is 9.79 Å². The number of halogens is 1. The monoisotopic (exact) mass is 603 g/mol. The first kappa shape index (κ1) is 27.1. The number of methoxy groups -OCH3 is 1.